The summed E-state index contributed by atoms with van der Waals surface area (Å²) in [5, 5.41) is 5.17. The monoisotopic (exact) mass is 333 g/mol. The van der Waals surface area contributed by atoms with Gasteiger partial charge in [0.1, 0.15) is 5.76 Å². The lowest BCUT2D eigenvalue weighted by Crippen LogP contribution is -2.53. The molecule has 0 aromatic carbocycles. The summed E-state index contributed by atoms with van der Waals surface area (Å²) >= 11 is 1.79. The summed E-state index contributed by atoms with van der Waals surface area (Å²) in [6.07, 6.45) is 2.38. The fourth-order valence-corrected chi connectivity index (χ4v) is 3.56. The second-order valence-corrected chi connectivity index (χ2v) is 7.01. The summed E-state index contributed by atoms with van der Waals surface area (Å²) in [5.41, 5.74) is 0. The highest BCUT2D eigenvalue weighted by Crippen LogP contribution is 2.13. The van der Waals surface area contributed by atoms with Crippen molar-refractivity contribution in [1.82, 2.24) is 15.1 Å². The Morgan fingerprint density at radius 2 is 2.13 bits per heavy atom. The van der Waals surface area contributed by atoms with Crippen molar-refractivity contribution < 1.29 is 9.21 Å². The standard InChI is InChI=1S/C17H23N3O2S/c1-14(12-15-4-2-10-22-15)18-17(21)20-8-6-19(7-9-20)13-16-5-3-11-23-16/h2-5,10-11,14H,6-9,12-13H2,1H3,(H,18,21)/t14-/m0/s1. The molecule has 2 amide bonds. The van der Waals surface area contributed by atoms with E-state index in [-0.39, 0.29) is 12.1 Å². The number of nitrogens with zero attached hydrogens (tertiary/aromatic N) is 2. The van der Waals surface area contributed by atoms with E-state index in [2.05, 4.69) is 27.7 Å². The van der Waals surface area contributed by atoms with Gasteiger partial charge in [0.2, 0.25) is 0 Å². The second kappa shape index (κ2) is 7.66. The minimum atomic E-state index is 0.0276. The molecule has 3 rings (SSSR count). The van der Waals surface area contributed by atoms with Crippen molar-refractivity contribution in [3.05, 3.63) is 46.5 Å². The molecular formula is C17H23N3O2S. The Morgan fingerprint density at radius 3 is 2.78 bits per heavy atom. The van der Waals surface area contributed by atoms with E-state index in [0.717, 1.165) is 44.9 Å². The zero-order valence-corrected chi connectivity index (χ0v) is 14.2. The van der Waals surface area contributed by atoms with Crippen LogP contribution in [0.15, 0.2) is 40.3 Å². The maximum Gasteiger partial charge on any atom is 0.317 e. The number of carbonyl (C=O) groups excluding carboxylic acids is 1. The quantitative estimate of drug-likeness (QED) is 0.915. The Bertz CT molecular complexity index is 589. The third-order valence-corrected chi connectivity index (χ3v) is 4.94. The van der Waals surface area contributed by atoms with Gasteiger partial charge in [-0.2, -0.15) is 0 Å². The van der Waals surface area contributed by atoms with Gasteiger partial charge < -0.3 is 14.6 Å². The molecule has 1 fully saturated rings. The normalized spacial score (nSPS) is 17.2. The first kappa shape index (κ1) is 16.1. The van der Waals surface area contributed by atoms with Gasteiger partial charge in [-0.3, -0.25) is 4.90 Å². The van der Waals surface area contributed by atoms with Crippen LogP contribution in [0.5, 0.6) is 0 Å². The third-order valence-electron chi connectivity index (χ3n) is 4.08. The molecule has 1 aliphatic heterocycles. The van der Waals surface area contributed by atoms with Gasteiger partial charge >= 0.3 is 6.03 Å². The number of thiophene rings is 1. The fraction of sp³-hybridized carbons (Fsp3) is 0.471. The summed E-state index contributed by atoms with van der Waals surface area (Å²) in [4.78, 5) is 18.0. The summed E-state index contributed by atoms with van der Waals surface area (Å²) in [6.45, 7) is 6.42. The van der Waals surface area contributed by atoms with Gasteiger partial charge in [0.25, 0.3) is 0 Å². The van der Waals surface area contributed by atoms with Crippen molar-refractivity contribution in [3.63, 3.8) is 0 Å². The number of nitrogens with one attached hydrogen (secondary N) is 1. The van der Waals surface area contributed by atoms with E-state index in [1.54, 1.807) is 17.6 Å². The van der Waals surface area contributed by atoms with Crippen LogP contribution in [-0.2, 0) is 13.0 Å². The first-order valence-corrected chi connectivity index (χ1v) is 8.91. The molecule has 1 atom stereocenters. The van der Waals surface area contributed by atoms with Gasteiger partial charge in [-0.1, -0.05) is 6.07 Å². The topological polar surface area (TPSA) is 48.7 Å². The van der Waals surface area contributed by atoms with Crippen LogP contribution < -0.4 is 5.32 Å². The van der Waals surface area contributed by atoms with E-state index in [1.807, 2.05) is 24.0 Å². The summed E-state index contributed by atoms with van der Waals surface area (Å²) < 4.78 is 5.32. The molecule has 2 aromatic heterocycles. The van der Waals surface area contributed by atoms with Gasteiger partial charge in [-0.15, -0.1) is 11.3 Å². The molecule has 0 saturated carbocycles. The summed E-state index contributed by atoms with van der Waals surface area (Å²) in [5.74, 6) is 0.901. The van der Waals surface area contributed by atoms with Crippen LogP contribution in [-0.4, -0.2) is 48.1 Å². The second-order valence-electron chi connectivity index (χ2n) is 5.98. The molecule has 0 radical (unpaired) electrons. The van der Waals surface area contributed by atoms with E-state index < -0.39 is 0 Å². The Balaban J connectivity index is 1.41. The first-order chi connectivity index (χ1) is 11.2. The number of hydrogen-bond donors (Lipinski definition) is 1. The first-order valence-electron chi connectivity index (χ1n) is 8.03. The Kier molecular flexibility index (Phi) is 5.35. The Hall–Kier alpha value is -1.79. The highest BCUT2D eigenvalue weighted by Gasteiger charge is 2.22. The maximum absolute atomic E-state index is 12.3. The number of furan rings is 1. The highest BCUT2D eigenvalue weighted by atomic mass is 32.1. The Morgan fingerprint density at radius 1 is 1.30 bits per heavy atom. The minimum Gasteiger partial charge on any atom is -0.469 e. The van der Waals surface area contributed by atoms with Crippen molar-refractivity contribution in [2.24, 2.45) is 0 Å². The van der Waals surface area contributed by atoms with Gasteiger partial charge in [0.05, 0.1) is 6.26 Å². The molecule has 0 aliphatic carbocycles. The van der Waals surface area contributed by atoms with E-state index in [0.29, 0.717) is 0 Å². The molecule has 1 aliphatic rings. The lowest BCUT2D eigenvalue weighted by atomic mass is 10.2. The fourth-order valence-electron chi connectivity index (χ4n) is 2.82. The van der Waals surface area contributed by atoms with E-state index >= 15 is 0 Å². The van der Waals surface area contributed by atoms with E-state index in [1.165, 1.54) is 4.88 Å². The number of hydrogen-bond acceptors (Lipinski definition) is 4. The van der Waals surface area contributed by atoms with Gasteiger partial charge in [-0.25, -0.2) is 4.79 Å². The zero-order valence-electron chi connectivity index (χ0n) is 13.4. The molecule has 0 unspecified atom stereocenters. The van der Waals surface area contributed by atoms with Crippen LogP contribution in [0, 0.1) is 0 Å². The van der Waals surface area contributed by atoms with Crippen LogP contribution >= 0.6 is 11.3 Å². The molecule has 1 N–H and O–H groups in total. The van der Waals surface area contributed by atoms with Crippen molar-refractivity contribution in [2.45, 2.75) is 25.9 Å². The average molecular weight is 333 g/mol. The predicted molar refractivity (Wildman–Crippen MR) is 91.6 cm³/mol. The largest absolute Gasteiger partial charge is 0.469 e. The Labute approximate surface area is 140 Å². The highest BCUT2D eigenvalue weighted by molar-refractivity contribution is 7.09. The van der Waals surface area contributed by atoms with Crippen LogP contribution in [0.2, 0.25) is 0 Å². The molecule has 0 bridgehead atoms. The van der Waals surface area contributed by atoms with Gasteiger partial charge in [-0.05, 0) is 30.5 Å². The van der Waals surface area contributed by atoms with Gasteiger partial charge in [0, 0.05) is 50.1 Å². The smallest absolute Gasteiger partial charge is 0.317 e. The van der Waals surface area contributed by atoms with Crippen molar-refractivity contribution in [3.8, 4) is 0 Å². The number of piperazine rings is 1. The number of amides is 2. The van der Waals surface area contributed by atoms with Gasteiger partial charge in [0.15, 0.2) is 0 Å². The number of rotatable bonds is 5. The number of carbonyl (C=O) groups is 1. The van der Waals surface area contributed by atoms with Crippen molar-refractivity contribution in [2.75, 3.05) is 26.2 Å². The molecule has 0 spiro atoms. The summed E-state index contributed by atoms with van der Waals surface area (Å²) in [6, 6.07) is 8.16. The maximum atomic E-state index is 12.3. The lowest BCUT2D eigenvalue weighted by molar-refractivity contribution is 0.134. The molecule has 6 heteroatoms. The average Bonchev–Trinajstić information content (AvgIpc) is 3.21. The van der Waals surface area contributed by atoms with Crippen LogP contribution in [0.4, 0.5) is 4.79 Å². The zero-order chi connectivity index (χ0) is 16.1. The number of urea groups is 1. The minimum absolute atomic E-state index is 0.0276. The molecule has 124 valence electrons. The van der Waals surface area contributed by atoms with Crippen LogP contribution in [0.3, 0.4) is 0 Å². The molecule has 5 nitrogen and oxygen atoms in total. The molecule has 1 saturated heterocycles. The predicted octanol–water partition coefficient (Wildman–Crippen LogP) is 2.80. The third kappa shape index (κ3) is 4.59. The van der Waals surface area contributed by atoms with Crippen LogP contribution in [0.25, 0.3) is 0 Å². The van der Waals surface area contributed by atoms with Crippen molar-refractivity contribution in [1.29, 1.82) is 0 Å². The molecular weight excluding hydrogens is 310 g/mol. The van der Waals surface area contributed by atoms with E-state index in [9.17, 15) is 4.79 Å². The summed E-state index contributed by atoms with van der Waals surface area (Å²) in [7, 11) is 0. The molecule has 23 heavy (non-hydrogen) atoms. The SMILES string of the molecule is C[C@@H](Cc1ccco1)NC(=O)N1CCN(Cc2cccs2)CC1. The van der Waals surface area contributed by atoms with Crippen molar-refractivity contribution >= 4 is 17.4 Å². The lowest BCUT2D eigenvalue weighted by Gasteiger charge is -2.35. The molecule has 2 aromatic rings. The van der Waals surface area contributed by atoms with E-state index in [4.69, 9.17) is 4.42 Å². The molecule has 3 heterocycles. The van der Waals surface area contributed by atoms with Crippen LogP contribution in [0.1, 0.15) is 17.6 Å².